The van der Waals surface area contributed by atoms with Crippen LogP contribution in [0.1, 0.15) is 16.1 Å². The number of aromatic amines is 1. The molecule has 0 aliphatic rings. The van der Waals surface area contributed by atoms with Crippen LogP contribution in [0.25, 0.3) is 5.69 Å². The van der Waals surface area contributed by atoms with Crippen LogP contribution in [0.15, 0.2) is 82.1 Å². The summed E-state index contributed by atoms with van der Waals surface area (Å²) >= 11 is 0. The highest BCUT2D eigenvalue weighted by Crippen LogP contribution is 2.15. The van der Waals surface area contributed by atoms with Crippen LogP contribution in [0.3, 0.4) is 0 Å². The Labute approximate surface area is 159 Å². The molecule has 140 valence electrons. The molecule has 28 heavy (non-hydrogen) atoms. The van der Waals surface area contributed by atoms with Crippen molar-refractivity contribution >= 4 is 11.7 Å². The van der Waals surface area contributed by atoms with Gasteiger partial charge in [0.15, 0.2) is 0 Å². The summed E-state index contributed by atoms with van der Waals surface area (Å²) in [5.74, 6) is -0.147. The van der Waals surface area contributed by atoms with E-state index in [4.69, 9.17) is 9.26 Å². The van der Waals surface area contributed by atoms with Gasteiger partial charge < -0.3 is 14.6 Å². The zero-order valence-electron chi connectivity index (χ0n) is 14.7. The molecule has 0 aliphatic carbocycles. The van der Waals surface area contributed by atoms with Crippen LogP contribution in [0.4, 0.5) is 5.82 Å². The van der Waals surface area contributed by atoms with Gasteiger partial charge in [0.25, 0.3) is 17.3 Å². The van der Waals surface area contributed by atoms with Gasteiger partial charge >= 0.3 is 0 Å². The molecule has 2 aromatic heterocycles. The number of carbonyl (C=O) groups is 1. The van der Waals surface area contributed by atoms with E-state index in [9.17, 15) is 9.59 Å². The SMILES string of the molecule is O=C(Nc1cc(=O)n(-c2ccccc2)[nH]1)c1cc(OCc2ccccc2)no1. The maximum absolute atomic E-state index is 12.3. The van der Waals surface area contributed by atoms with Gasteiger partial charge in [-0.3, -0.25) is 14.7 Å². The van der Waals surface area contributed by atoms with Gasteiger partial charge in [-0.15, -0.1) is 0 Å². The second-order valence-corrected chi connectivity index (χ2v) is 5.94. The molecule has 0 radical (unpaired) electrons. The maximum Gasteiger partial charge on any atom is 0.295 e. The van der Waals surface area contributed by atoms with Gasteiger partial charge in [-0.05, 0) is 22.9 Å². The van der Waals surface area contributed by atoms with E-state index in [2.05, 4.69) is 15.6 Å². The van der Waals surface area contributed by atoms with Crippen LogP contribution in [0.2, 0.25) is 0 Å². The first-order valence-corrected chi connectivity index (χ1v) is 8.51. The molecule has 0 bridgehead atoms. The molecule has 0 atom stereocenters. The Kier molecular flexibility index (Phi) is 4.75. The molecule has 0 saturated heterocycles. The summed E-state index contributed by atoms with van der Waals surface area (Å²) in [5, 5.41) is 9.13. The highest BCUT2D eigenvalue weighted by Gasteiger charge is 2.16. The van der Waals surface area contributed by atoms with Crippen LogP contribution in [-0.4, -0.2) is 20.8 Å². The molecule has 2 heterocycles. The molecular weight excluding hydrogens is 360 g/mol. The van der Waals surface area contributed by atoms with E-state index in [1.807, 2.05) is 48.5 Å². The largest absolute Gasteiger partial charge is 0.471 e. The van der Waals surface area contributed by atoms with Crippen LogP contribution < -0.4 is 15.6 Å². The molecule has 8 nitrogen and oxygen atoms in total. The van der Waals surface area contributed by atoms with Gasteiger partial charge in [-0.1, -0.05) is 48.5 Å². The van der Waals surface area contributed by atoms with Gasteiger partial charge in [0.2, 0.25) is 5.76 Å². The predicted molar refractivity (Wildman–Crippen MR) is 102 cm³/mol. The smallest absolute Gasteiger partial charge is 0.295 e. The monoisotopic (exact) mass is 376 g/mol. The molecule has 1 amide bonds. The number of anilines is 1. The number of nitrogens with one attached hydrogen (secondary N) is 2. The van der Waals surface area contributed by atoms with Gasteiger partial charge in [-0.25, -0.2) is 4.68 Å². The Balaban J connectivity index is 1.42. The Morgan fingerprint density at radius 3 is 2.54 bits per heavy atom. The van der Waals surface area contributed by atoms with Crippen molar-refractivity contribution in [1.29, 1.82) is 0 Å². The lowest BCUT2D eigenvalue weighted by Crippen LogP contribution is -2.13. The average Bonchev–Trinajstić information content (AvgIpc) is 3.34. The number of hydrogen-bond acceptors (Lipinski definition) is 5. The normalized spacial score (nSPS) is 10.6. The first kappa shape index (κ1) is 17.3. The molecule has 2 N–H and O–H groups in total. The van der Waals surface area contributed by atoms with Crippen molar-refractivity contribution in [2.75, 3.05) is 5.32 Å². The van der Waals surface area contributed by atoms with Crippen molar-refractivity contribution in [3.63, 3.8) is 0 Å². The second-order valence-electron chi connectivity index (χ2n) is 5.94. The van der Waals surface area contributed by atoms with E-state index >= 15 is 0 Å². The summed E-state index contributed by atoms with van der Waals surface area (Å²) in [7, 11) is 0. The zero-order chi connectivity index (χ0) is 19.3. The Hall–Kier alpha value is -4.07. The van der Waals surface area contributed by atoms with Crippen molar-refractivity contribution in [3.8, 4) is 11.6 Å². The van der Waals surface area contributed by atoms with Crippen LogP contribution in [-0.2, 0) is 6.61 Å². The number of hydrogen-bond donors (Lipinski definition) is 2. The van der Waals surface area contributed by atoms with Gasteiger partial charge in [0, 0.05) is 6.07 Å². The van der Waals surface area contributed by atoms with Crippen LogP contribution in [0.5, 0.6) is 5.88 Å². The number of rotatable bonds is 6. The lowest BCUT2D eigenvalue weighted by Gasteiger charge is -2.02. The Morgan fingerprint density at radius 2 is 1.79 bits per heavy atom. The number of ether oxygens (including phenoxy) is 1. The van der Waals surface area contributed by atoms with Gasteiger partial charge in [0.05, 0.1) is 11.8 Å². The molecule has 0 unspecified atom stereocenters. The summed E-state index contributed by atoms with van der Waals surface area (Å²) in [5.41, 5.74) is 1.33. The van der Waals surface area contributed by atoms with E-state index in [-0.39, 0.29) is 23.0 Å². The average molecular weight is 376 g/mol. The fourth-order valence-corrected chi connectivity index (χ4v) is 2.58. The summed E-state index contributed by atoms with van der Waals surface area (Å²) < 4.78 is 11.9. The summed E-state index contributed by atoms with van der Waals surface area (Å²) in [4.78, 5) is 24.4. The first-order chi connectivity index (χ1) is 13.7. The standard InChI is InChI=1S/C20H16N4O4/c25-19-12-17(22-24(19)15-9-5-2-6-10-15)21-20(26)16-11-18(23-28-16)27-13-14-7-3-1-4-8-14/h1-12,22H,13H2,(H,21,26). The van der Waals surface area contributed by atoms with Crippen molar-refractivity contribution in [2.45, 2.75) is 6.61 Å². The quantitative estimate of drug-likeness (QED) is 0.539. The Morgan fingerprint density at radius 1 is 1.07 bits per heavy atom. The van der Waals surface area contributed by atoms with Crippen molar-refractivity contribution in [3.05, 3.63) is 94.5 Å². The number of carbonyl (C=O) groups excluding carboxylic acids is 1. The third kappa shape index (κ3) is 3.85. The molecule has 8 heteroatoms. The highest BCUT2D eigenvalue weighted by atomic mass is 16.5. The lowest BCUT2D eigenvalue weighted by molar-refractivity contribution is 0.0987. The molecule has 0 spiro atoms. The van der Waals surface area contributed by atoms with Crippen LogP contribution in [0, 0.1) is 0 Å². The minimum atomic E-state index is -0.552. The molecule has 4 rings (SSSR count). The van der Waals surface area contributed by atoms with Gasteiger partial charge in [0.1, 0.15) is 12.4 Å². The van der Waals surface area contributed by atoms with E-state index in [0.717, 1.165) is 5.56 Å². The van der Waals surface area contributed by atoms with Crippen molar-refractivity contribution in [1.82, 2.24) is 14.9 Å². The third-order valence-corrected chi connectivity index (χ3v) is 3.92. The molecule has 4 aromatic rings. The number of benzene rings is 2. The number of para-hydroxylation sites is 1. The Bertz CT molecular complexity index is 1130. The fraction of sp³-hybridized carbons (Fsp3) is 0.0500. The van der Waals surface area contributed by atoms with E-state index in [0.29, 0.717) is 12.3 Å². The highest BCUT2D eigenvalue weighted by molar-refractivity contribution is 6.01. The summed E-state index contributed by atoms with van der Waals surface area (Å²) in [6.07, 6.45) is 0. The van der Waals surface area contributed by atoms with Crippen molar-refractivity contribution < 1.29 is 14.1 Å². The zero-order valence-corrected chi connectivity index (χ0v) is 14.7. The molecule has 2 aromatic carbocycles. The van der Waals surface area contributed by atoms with Gasteiger partial charge in [-0.2, -0.15) is 0 Å². The molecule has 0 saturated carbocycles. The lowest BCUT2D eigenvalue weighted by atomic mass is 10.2. The van der Waals surface area contributed by atoms with Crippen molar-refractivity contribution in [2.24, 2.45) is 0 Å². The van der Waals surface area contributed by atoms with E-state index < -0.39 is 5.91 Å². The van der Waals surface area contributed by atoms with Crippen LogP contribution >= 0.6 is 0 Å². The molecular formula is C20H16N4O4. The summed E-state index contributed by atoms with van der Waals surface area (Å²) in [6, 6.07) is 21.3. The predicted octanol–water partition coefficient (Wildman–Crippen LogP) is 2.98. The van der Waals surface area contributed by atoms with E-state index in [1.165, 1.54) is 16.8 Å². The summed E-state index contributed by atoms with van der Waals surface area (Å²) in [6.45, 7) is 0.307. The maximum atomic E-state index is 12.3. The van der Waals surface area contributed by atoms with E-state index in [1.54, 1.807) is 12.1 Å². The number of H-pyrrole nitrogens is 1. The minimum absolute atomic E-state index is 0.0311. The molecule has 0 aliphatic heterocycles. The number of aromatic nitrogens is 3. The third-order valence-electron chi connectivity index (χ3n) is 3.92. The number of amides is 1. The number of nitrogens with zero attached hydrogens (tertiary/aromatic N) is 2. The minimum Gasteiger partial charge on any atom is -0.471 e. The topological polar surface area (TPSA) is 102 Å². The first-order valence-electron chi connectivity index (χ1n) is 8.51. The second kappa shape index (κ2) is 7.67. The fourth-order valence-electron chi connectivity index (χ4n) is 2.58. The molecule has 0 fully saturated rings.